The lowest BCUT2D eigenvalue weighted by atomic mass is 9.82. The maximum Gasteiger partial charge on any atom is 0.161 e. The fraction of sp³-hybridized carbons (Fsp3) is 0.667. The molecule has 1 atom stereocenters. The van der Waals surface area contributed by atoms with Crippen molar-refractivity contribution in [2.45, 2.75) is 52.0 Å². The van der Waals surface area contributed by atoms with Crippen molar-refractivity contribution < 1.29 is 9.47 Å². The van der Waals surface area contributed by atoms with Gasteiger partial charge in [0.1, 0.15) is 0 Å². The summed E-state index contributed by atoms with van der Waals surface area (Å²) < 4.78 is 11.3. The number of nitrogens with one attached hydrogen (secondary N) is 1. The predicted molar refractivity (Wildman–Crippen MR) is 87.1 cm³/mol. The van der Waals surface area contributed by atoms with Crippen LogP contribution in [0.4, 0.5) is 0 Å². The lowest BCUT2D eigenvalue weighted by Crippen LogP contribution is -2.34. The molecule has 3 nitrogen and oxygen atoms in total. The molecule has 1 unspecified atom stereocenters. The van der Waals surface area contributed by atoms with Gasteiger partial charge in [0.15, 0.2) is 11.5 Å². The van der Waals surface area contributed by atoms with Crippen molar-refractivity contribution in [2.75, 3.05) is 20.3 Å². The van der Waals surface area contributed by atoms with Gasteiger partial charge in [0.25, 0.3) is 0 Å². The van der Waals surface area contributed by atoms with Crippen molar-refractivity contribution >= 4 is 0 Å². The number of rotatable bonds is 10. The Balaban J connectivity index is 1.82. The highest BCUT2D eigenvalue weighted by Crippen LogP contribution is 2.31. The average Bonchev–Trinajstić information content (AvgIpc) is 3.30. The van der Waals surface area contributed by atoms with Gasteiger partial charge in [-0.25, -0.2) is 0 Å². The number of ether oxygens (including phenoxy) is 2. The molecule has 0 spiro atoms. The molecule has 0 saturated heterocycles. The summed E-state index contributed by atoms with van der Waals surface area (Å²) in [5.74, 6) is 1.65. The van der Waals surface area contributed by atoms with Crippen molar-refractivity contribution in [3.8, 4) is 11.5 Å². The van der Waals surface area contributed by atoms with E-state index in [9.17, 15) is 0 Å². The van der Waals surface area contributed by atoms with Crippen LogP contribution in [0.2, 0.25) is 0 Å². The van der Waals surface area contributed by atoms with Gasteiger partial charge in [0.2, 0.25) is 0 Å². The molecule has 1 aliphatic carbocycles. The first kappa shape index (κ1) is 16.2. The third kappa shape index (κ3) is 5.24. The Morgan fingerprint density at radius 3 is 2.52 bits per heavy atom. The fourth-order valence-corrected chi connectivity index (χ4v) is 2.73. The standard InChI is InChI=1S/C18H29NO2/c1-4-11-18(2,14-19-15-9-10-15)12-13-21-17-8-6-5-7-16(17)20-3/h5-8,15,19H,4,9-14H2,1-3H3. The Kier molecular flexibility index (Phi) is 5.92. The van der Waals surface area contributed by atoms with Crippen LogP contribution in [-0.2, 0) is 0 Å². The second-order valence-corrected chi connectivity index (χ2v) is 6.47. The molecule has 0 aromatic heterocycles. The third-order valence-electron chi connectivity index (χ3n) is 4.28. The molecule has 118 valence electrons. The first-order valence-corrected chi connectivity index (χ1v) is 8.16. The van der Waals surface area contributed by atoms with Crippen LogP contribution >= 0.6 is 0 Å². The van der Waals surface area contributed by atoms with Crippen LogP contribution in [0.3, 0.4) is 0 Å². The van der Waals surface area contributed by atoms with Gasteiger partial charge in [-0.15, -0.1) is 0 Å². The van der Waals surface area contributed by atoms with E-state index in [1.54, 1.807) is 7.11 Å². The first-order chi connectivity index (χ1) is 10.2. The molecule has 3 heteroatoms. The summed E-state index contributed by atoms with van der Waals surface area (Å²) in [5, 5.41) is 3.67. The SMILES string of the molecule is CCCC(C)(CCOc1ccccc1OC)CNC1CC1. The van der Waals surface area contributed by atoms with E-state index in [4.69, 9.17) is 9.47 Å². The van der Waals surface area contributed by atoms with E-state index in [1.807, 2.05) is 24.3 Å². The molecule has 0 amide bonds. The lowest BCUT2D eigenvalue weighted by molar-refractivity contribution is 0.188. The molecule has 0 heterocycles. The van der Waals surface area contributed by atoms with Crippen molar-refractivity contribution in [1.29, 1.82) is 0 Å². The lowest BCUT2D eigenvalue weighted by Gasteiger charge is -2.30. The van der Waals surface area contributed by atoms with E-state index in [2.05, 4.69) is 19.2 Å². The summed E-state index contributed by atoms with van der Waals surface area (Å²) in [5.41, 5.74) is 0.319. The highest BCUT2D eigenvalue weighted by Gasteiger charge is 2.28. The minimum absolute atomic E-state index is 0.319. The number of methoxy groups -OCH3 is 1. The van der Waals surface area contributed by atoms with Crippen molar-refractivity contribution in [3.63, 3.8) is 0 Å². The Morgan fingerprint density at radius 1 is 1.19 bits per heavy atom. The van der Waals surface area contributed by atoms with E-state index >= 15 is 0 Å². The van der Waals surface area contributed by atoms with Crippen molar-refractivity contribution in [2.24, 2.45) is 5.41 Å². The first-order valence-electron chi connectivity index (χ1n) is 8.16. The highest BCUT2D eigenvalue weighted by molar-refractivity contribution is 5.39. The molecule has 21 heavy (non-hydrogen) atoms. The Morgan fingerprint density at radius 2 is 1.90 bits per heavy atom. The van der Waals surface area contributed by atoms with E-state index in [0.717, 1.165) is 37.1 Å². The van der Waals surface area contributed by atoms with E-state index < -0.39 is 0 Å². The zero-order valence-electron chi connectivity index (χ0n) is 13.7. The molecular weight excluding hydrogens is 262 g/mol. The molecule has 1 aliphatic rings. The topological polar surface area (TPSA) is 30.5 Å². The second kappa shape index (κ2) is 7.69. The van der Waals surface area contributed by atoms with Gasteiger partial charge in [0, 0.05) is 12.6 Å². The monoisotopic (exact) mass is 291 g/mol. The molecule has 0 bridgehead atoms. The minimum atomic E-state index is 0.319. The Labute approximate surface area is 129 Å². The predicted octanol–water partition coefficient (Wildman–Crippen LogP) is 4.02. The van der Waals surface area contributed by atoms with Gasteiger partial charge in [-0.2, -0.15) is 0 Å². The molecule has 1 N–H and O–H groups in total. The number of hydrogen-bond donors (Lipinski definition) is 1. The normalized spacial score (nSPS) is 17.3. The summed E-state index contributed by atoms with van der Waals surface area (Å²) in [7, 11) is 1.68. The van der Waals surface area contributed by atoms with Gasteiger partial charge < -0.3 is 14.8 Å². The van der Waals surface area contributed by atoms with Crippen LogP contribution in [-0.4, -0.2) is 26.3 Å². The van der Waals surface area contributed by atoms with E-state index in [-0.39, 0.29) is 0 Å². The van der Waals surface area contributed by atoms with Crippen LogP contribution in [0.5, 0.6) is 11.5 Å². The van der Waals surface area contributed by atoms with Gasteiger partial charge in [-0.3, -0.25) is 0 Å². The second-order valence-electron chi connectivity index (χ2n) is 6.47. The van der Waals surface area contributed by atoms with Crippen LogP contribution in [0.15, 0.2) is 24.3 Å². The van der Waals surface area contributed by atoms with Gasteiger partial charge >= 0.3 is 0 Å². The average molecular weight is 291 g/mol. The Bertz CT molecular complexity index is 431. The zero-order chi connectivity index (χ0) is 15.1. The molecule has 2 rings (SSSR count). The molecular formula is C18H29NO2. The summed E-state index contributed by atoms with van der Waals surface area (Å²) in [6, 6.07) is 8.63. The Hall–Kier alpha value is -1.22. The fourth-order valence-electron chi connectivity index (χ4n) is 2.73. The smallest absolute Gasteiger partial charge is 0.161 e. The number of para-hydroxylation sites is 2. The number of benzene rings is 1. The van der Waals surface area contributed by atoms with Gasteiger partial charge in [-0.1, -0.05) is 32.4 Å². The quantitative estimate of drug-likeness (QED) is 0.706. The van der Waals surface area contributed by atoms with E-state index in [1.165, 1.54) is 25.7 Å². The van der Waals surface area contributed by atoms with Gasteiger partial charge in [0.05, 0.1) is 13.7 Å². The summed E-state index contributed by atoms with van der Waals surface area (Å²) in [6.07, 6.45) is 6.22. The van der Waals surface area contributed by atoms with Gasteiger partial charge in [-0.05, 0) is 43.2 Å². The highest BCUT2D eigenvalue weighted by atomic mass is 16.5. The maximum absolute atomic E-state index is 5.94. The van der Waals surface area contributed by atoms with Crippen molar-refractivity contribution in [1.82, 2.24) is 5.32 Å². The summed E-state index contributed by atoms with van der Waals surface area (Å²) in [6.45, 7) is 6.47. The summed E-state index contributed by atoms with van der Waals surface area (Å²) in [4.78, 5) is 0. The molecule has 1 aromatic carbocycles. The molecule has 1 fully saturated rings. The zero-order valence-corrected chi connectivity index (χ0v) is 13.7. The van der Waals surface area contributed by atoms with Crippen LogP contribution in [0.25, 0.3) is 0 Å². The number of hydrogen-bond acceptors (Lipinski definition) is 3. The van der Waals surface area contributed by atoms with Crippen LogP contribution in [0, 0.1) is 5.41 Å². The van der Waals surface area contributed by atoms with Crippen LogP contribution in [0.1, 0.15) is 46.0 Å². The van der Waals surface area contributed by atoms with Crippen molar-refractivity contribution in [3.05, 3.63) is 24.3 Å². The maximum atomic E-state index is 5.94. The molecule has 1 aromatic rings. The molecule has 1 saturated carbocycles. The minimum Gasteiger partial charge on any atom is -0.493 e. The third-order valence-corrected chi connectivity index (χ3v) is 4.28. The molecule has 0 radical (unpaired) electrons. The van der Waals surface area contributed by atoms with Crippen LogP contribution < -0.4 is 14.8 Å². The van der Waals surface area contributed by atoms with E-state index in [0.29, 0.717) is 5.41 Å². The largest absolute Gasteiger partial charge is 0.493 e. The summed E-state index contributed by atoms with van der Waals surface area (Å²) >= 11 is 0. The molecule has 0 aliphatic heterocycles.